The van der Waals surface area contributed by atoms with E-state index in [2.05, 4.69) is 10.3 Å². The maximum atomic E-state index is 11.7. The van der Waals surface area contributed by atoms with Crippen molar-refractivity contribution in [1.29, 1.82) is 0 Å². The van der Waals surface area contributed by atoms with E-state index in [0.29, 0.717) is 12.4 Å². The Hall–Kier alpha value is -1.63. The lowest BCUT2D eigenvalue weighted by atomic mass is 10.3. The Bertz CT molecular complexity index is 362. The molecule has 1 aliphatic rings. The molecule has 7 heteroatoms. The van der Waals surface area contributed by atoms with E-state index in [1.165, 1.54) is 10.9 Å². The van der Waals surface area contributed by atoms with Crippen molar-refractivity contribution in [1.82, 2.24) is 19.9 Å². The molecule has 82 valence electrons. The minimum absolute atomic E-state index is 0.00727. The molecule has 0 aliphatic carbocycles. The average Bonchev–Trinajstić information content (AvgIpc) is 2.75. The van der Waals surface area contributed by atoms with Crippen LogP contribution in [0.5, 0.6) is 0 Å². The van der Waals surface area contributed by atoms with Gasteiger partial charge in [-0.15, -0.1) is 5.10 Å². The van der Waals surface area contributed by atoms with E-state index in [0.717, 1.165) is 13.0 Å². The average molecular weight is 210 g/mol. The van der Waals surface area contributed by atoms with Gasteiger partial charge in [-0.05, 0) is 6.42 Å². The molecule has 0 bridgehead atoms. The monoisotopic (exact) mass is 210 g/mol. The third-order valence-corrected chi connectivity index (χ3v) is 2.43. The van der Waals surface area contributed by atoms with Crippen LogP contribution in [0.4, 0.5) is 5.82 Å². The number of nitrogens with two attached hydrogens (primary N) is 2. The summed E-state index contributed by atoms with van der Waals surface area (Å²) in [6.45, 7) is 1.53. The number of anilines is 1. The minimum Gasteiger partial charge on any atom is -0.381 e. The second-order valence-electron chi connectivity index (χ2n) is 3.73. The summed E-state index contributed by atoms with van der Waals surface area (Å²) in [7, 11) is 0. The summed E-state index contributed by atoms with van der Waals surface area (Å²) in [6.07, 6.45) is 2.40. The number of aromatic nitrogens is 3. The second-order valence-corrected chi connectivity index (χ2v) is 3.73. The van der Waals surface area contributed by atoms with E-state index in [-0.39, 0.29) is 18.5 Å². The number of nitrogens with zero attached hydrogens (tertiary/aromatic N) is 4. The quantitative estimate of drug-likeness (QED) is 0.613. The molecule has 1 fully saturated rings. The lowest BCUT2D eigenvalue weighted by Crippen LogP contribution is -2.34. The van der Waals surface area contributed by atoms with Gasteiger partial charge in [-0.2, -0.15) is 0 Å². The fraction of sp³-hybridized carbons (Fsp3) is 0.625. The maximum absolute atomic E-state index is 11.7. The van der Waals surface area contributed by atoms with Gasteiger partial charge in [-0.1, -0.05) is 5.21 Å². The predicted octanol–water partition coefficient (Wildman–Crippen LogP) is -1.58. The Labute approximate surface area is 87.0 Å². The van der Waals surface area contributed by atoms with Gasteiger partial charge in [0.25, 0.3) is 0 Å². The zero-order chi connectivity index (χ0) is 10.8. The van der Waals surface area contributed by atoms with Crippen molar-refractivity contribution in [3.8, 4) is 0 Å². The van der Waals surface area contributed by atoms with Crippen LogP contribution in [0.25, 0.3) is 0 Å². The van der Waals surface area contributed by atoms with Crippen LogP contribution < -0.4 is 11.5 Å². The molecule has 1 atom stereocenters. The Balaban J connectivity index is 1.92. The zero-order valence-electron chi connectivity index (χ0n) is 8.33. The lowest BCUT2D eigenvalue weighted by molar-refractivity contribution is -0.131. The highest BCUT2D eigenvalue weighted by Crippen LogP contribution is 2.07. The van der Waals surface area contributed by atoms with Crippen LogP contribution in [0.15, 0.2) is 6.20 Å². The molecule has 0 radical (unpaired) electrons. The van der Waals surface area contributed by atoms with E-state index < -0.39 is 0 Å². The molecule has 2 heterocycles. The van der Waals surface area contributed by atoms with Gasteiger partial charge in [0.15, 0.2) is 5.82 Å². The summed E-state index contributed by atoms with van der Waals surface area (Å²) in [4.78, 5) is 13.4. The second kappa shape index (κ2) is 3.85. The SMILES string of the molecule is Nc1cn(CC(=O)N2CCC(N)C2)nn1. The van der Waals surface area contributed by atoms with Gasteiger partial charge >= 0.3 is 0 Å². The zero-order valence-corrected chi connectivity index (χ0v) is 8.33. The highest BCUT2D eigenvalue weighted by atomic mass is 16.2. The highest BCUT2D eigenvalue weighted by molar-refractivity contribution is 5.76. The highest BCUT2D eigenvalue weighted by Gasteiger charge is 2.23. The molecule has 1 aromatic heterocycles. The smallest absolute Gasteiger partial charge is 0.244 e. The van der Waals surface area contributed by atoms with E-state index in [1.807, 2.05) is 0 Å². The van der Waals surface area contributed by atoms with Gasteiger partial charge in [0, 0.05) is 19.1 Å². The number of carbonyl (C=O) groups is 1. The molecule has 1 amide bonds. The predicted molar refractivity (Wildman–Crippen MR) is 53.6 cm³/mol. The van der Waals surface area contributed by atoms with Gasteiger partial charge < -0.3 is 16.4 Å². The van der Waals surface area contributed by atoms with E-state index in [1.54, 1.807) is 4.90 Å². The molecule has 1 aromatic rings. The topological polar surface area (TPSA) is 103 Å². The van der Waals surface area contributed by atoms with Crippen LogP contribution in [-0.2, 0) is 11.3 Å². The lowest BCUT2D eigenvalue weighted by Gasteiger charge is -2.14. The van der Waals surface area contributed by atoms with E-state index >= 15 is 0 Å². The molecule has 1 unspecified atom stereocenters. The van der Waals surface area contributed by atoms with Crippen LogP contribution in [0.2, 0.25) is 0 Å². The molecule has 1 saturated heterocycles. The molecule has 7 nitrogen and oxygen atoms in total. The Morgan fingerprint density at radius 3 is 3.00 bits per heavy atom. The summed E-state index contributed by atoms with van der Waals surface area (Å²) in [5.41, 5.74) is 11.1. The fourth-order valence-electron chi connectivity index (χ4n) is 1.64. The van der Waals surface area contributed by atoms with Crippen molar-refractivity contribution < 1.29 is 4.79 Å². The minimum atomic E-state index is 0.00727. The molecule has 15 heavy (non-hydrogen) atoms. The Morgan fingerprint density at radius 2 is 2.47 bits per heavy atom. The first-order valence-corrected chi connectivity index (χ1v) is 4.84. The number of nitrogen functional groups attached to an aromatic ring is 1. The number of hydrogen-bond acceptors (Lipinski definition) is 5. The molecule has 1 aliphatic heterocycles. The van der Waals surface area contributed by atoms with E-state index in [9.17, 15) is 4.79 Å². The van der Waals surface area contributed by atoms with Crippen molar-refractivity contribution in [2.24, 2.45) is 5.73 Å². The largest absolute Gasteiger partial charge is 0.381 e. The molecule has 0 spiro atoms. The summed E-state index contributed by atoms with van der Waals surface area (Å²) < 4.78 is 1.43. The van der Waals surface area contributed by atoms with Crippen LogP contribution in [0.1, 0.15) is 6.42 Å². The maximum Gasteiger partial charge on any atom is 0.244 e. The van der Waals surface area contributed by atoms with Gasteiger partial charge in [-0.25, -0.2) is 4.68 Å². The summed E-state index contributed by atoms with van der Waals surface area (Å²) in [5, 5.41) is 7.32. The summed E-state index contributed by atoms with van der Waals surface area (Å²) >= 11 is 0. The van der Waals surface area contributed by atoms with Crippen LogP contribution in [0.3, 0.4) is 0 Å². The molecular formula is C8H14N6O. The molecule has 0 saturated carbocycles. The first-order valence-electron chi connectivity index (χ1n) is 4.84. The third kappa shape index (κ3) is 2.24. The Kier molecular flexibility index (Phi) is 2.55. The molecule has 0 aromatic carbocycles. The van der Waals surface area contributed by atoms with Crippen molar-refractivity contribution in [3.05, 3.63) is 6.20 Å². The van der Waals surface area contributed by atoms with Crippen LogP contribution in [0, 0.1) is 0 Å². The van der Waals surface area contributed by atoms with Gasteiger partial charge in [-0.3, -0.25) is 4.79 Å². The van der Waals surface area contributed by atoms with Gasteiger partial charge in [0.2, 0.25) is 5.91 Å². The number of carbonyl (C=O) groups excluding carboxylic acids is 1. The summed E-state index contributed by atoms with van der Waals surface area (Å²) in [5.74, 6) is 0.328. The number of amides is 1. The first-order chi connectivity index (χ1) is 7.15. The van der Waals surface area contributed by atoms with Crippen LogP contribution in [-0.4, -0.2) is 44.9 Å². The van der Waals surface area contributed by atoms with Crippen molar-refractivity contribution >= 4 is 11.7 Å². The normalized spacial score (nSPS) is 20.9. The standard InChI is InChI=1S/C8H14N6O/c9-6-1-2-13(3-6)8(15)5-14-4-7(10)11-12-14/h4,6H,1-3,5,9-10H2. The van der Waals surface area contributed by atoms with Crippen molar-refractivity contribution in [3.63, 3.8) is 0 Å². The number of hydrogen-bond donors (Lipinski definition) is 2. The Morgan fingerprint density at radius 1 is 1.67 bits per heavy atom. The third-order valence-electron chi connectivity index (χ3n) is 2.43. The van der Waals surface area contributed by atoms with Crippen molar-refractivity contribution in [2.75, 3.05) is 18.8 Å². The summed E-state index contributed by atoms with van der Waals surface area (Å²) in [6, 6.07) is 0.106. The fourth-order valence-corrected chi connectivity index (χ4v) is 1.64. The van der Waals surface area contributed by atoms with Gasteiger partial charge in [0.1, 0.15) is 6.54 Å². The van der Waals surface area contributed by atoms with Gasteiger partial charge in [0.05, 0.1) is 6.20 Å². The molecule has 4 N–H and O–H groups in total. The van der Waals surface area contributed by atoms with Crippen molar-refractivity contribution in [2.45, 2.75) is 19.0 Å². The van der Waals surface area contributed by atoms with Crippen LogP contribution >= 0.6 is 0 Å². The molecule has 2 rings (SSSR count). The number of likely N-dealkylation sites (tertiary alicyclic amines) is 1. The molecular weight excluding hydrogens is 196 g/mol. The number of rotatable bonds is 2. The van der Waals surface area contributed by atoms with E-state index in [4.69, 9.17) is 11.5 Å². The first kappa shape index (κ1) is 9.91.